The van der Waals surface area contributed by atoms with Crippen molar-refractivity contribution in [3.8, 4) is 11.5 Å². The molecule has 0 heterocycles. The van der Waals surface area contributed by atoms with Gasteiger partial charge < -0.3 is 9.47 Å². The molecule has 1 rings (SSSR count). The molecule has 0 aromatic carbocycles. The summed E-state index contributed by atoms with van der Waals surface area (Å²) in [6.07, 6.45) is 8.84. The molecule has 0 amide bonds. The van der Waals surface area contributed by atoms with Crippen LogP contribution in [0.3, 0.4) is 0 Å². The third-order valence-electron chi connectivity index (χ3n) is 3.29. The number of hydrogen-bond donors (Lipinski definition) is 0. The summed E-state index contributed by atoms with van der Waals surface area (Å²) in [5.41, 5.74) is 3.37. The smallest absolute Gasteiger partial charge is 0.177 e. The predicted octanol–water partition coefficient (Wildman–Crippen LogP) is 4.52. The van der Waals surface area contributed by atoms with Crippen molar-refractivity contribution in [1.29, 1.82) is 0 Å². The van der Waals surface area contributed by atoms with Gasteiger partial charge in [-0.3, -0.25) is 0 Å². The lowest BCUT2D eigenvalue weighted by molar-refractivity contribution is -0.168. The highest BCUT2D eigenvalue weighted by atomic mass is 28.3. The first-order chi connectivity index (χ1) is 9.40. The molecule has 20 heavy (non-hydrogen) atoms. The van der Waals surface area contributed by atoms with Gasteiger partial charge in [-0.15, -0.1) is 11.5 Å². The molecule has 0 saturated heterocycles. The van der Waals surface area contributed by atoms with Crippen molar-refractivity contribution >= 4 is 8.07 Å². The molecule has 0 radical (unpaired) electrons. The maximum atomic E-state index is 5.98. The van der Waals surface area contributed by atoms with Gasteiger partial charge in [0.2, 0.25) is 0 Å². The fourth-order valence-electron chi connectivity index (χ4n) is 2.27. The van der Waals surface area contributed by atoms with Crippen molar-refractivity contribution in [2.45, 2.75) is 83.6 Å². The van der Waals surface area contributed by atoms with Crippen molar-refractivity contribution < 1.29 is 9.47 Å². The Morgan fingerprint density at radius 3 is 2.45 bits per heavy atom. The fourth-order valence-corrected chi connectivity index (χ4v) is 2.90. The molecule has 0 unspecified atom stereocenters. The SMILES string of the molecule is C=C[C@@H](OC1CCCCC1)O[C@H](C)CC#C[Si](C)(C)C. The van der Waals surface area contributed by atoms with Gasteiger partial charge in [-0.1, -0.05) is 45.5 Å². The average molecular weight is 295 g/mol. The summed E-state index contributed by atoms with van der Waals surface area (Å²) < 4.78 is 11.9. The summed E-state index contributed by atoms with van der Waals surface area (Å²) >= 11 is 0. The van der Waals surface area contributed by atoms with Gasteiger partial charge in [0, 0.05) is 6.42 Å². The molecule has 0 N–H and O–H groups in total. The van der Waals surface area contributed by atoms with E-state index in [0.29, 0.717) is 6.10 Å². The molecule has 1 fully saturated rings. The Kier molecular flexibility index (Phi) is 7.58. The van der Waals surface area contributed by atoms with E-state index in [4.69, 9.17) is 9.47 Å². The molecule has 0 aromatic rings. The highest BCUT2D eigenvalue weighted by molar-refractivity contribution is 6.83. The molecular formula is C17H30O2Si. The van der Waals surface area contributed by atoms with Crippen molar-refractivity contribution in [2.24, 2.45) is 0 Å². The summed E-state index contributed by atoms with van der Waals surface area (Å²) in [6, 6.07) is 0. The molecule has 2 nitrogen and oxygen atoms in total. The second kappa shape index (κ2) is 8.66. The molecule has 3 heteroatoms. The zero-order valence-corrected chi connectivity index (χ0v) is 14.6. The normalized spacial score (nSPS) is 19.8. The van der Waals surface area contributed by atoms with Gasteiger partial charge in [0.25, 0.3) is 0 Å². The minimum absolute atomic E-state index is 0.0884. The Bertz CT molecular complexity index is 342. The van der Waals surface area contributed by atoms with Crippen LogP contribution in [0.15, 0.2) is 12.7 Å². The van der Waals surface area contributed by atoms with Crippen LogP contribution in [-0.2, 0) is 9.47 Å². The van der Waals surface area contributed by atoms with Gasteiger partial charge in [0.15, 0.2) is 6.29 Å². The Labute approximate surface area is 125 Å². The van der Waals surface area contributed by atoms with Crippen molar-refractivity contribution in [3.05, 3.63) is 12.7 Å². The van der Waals surface area contributed by atoms with Crippen LogP contribution in [0.2, 0.25) is 19.6 Å². The third kappa shape index (κ3) is 7.89. The largest absolute Gasteiger partial charge is 0.346 e. The zero-order valence-electron chi connectivity index (χ0n) is 13.6. The highest BCUT2D eigenvalue weighted by Gasteiger charge is 2.19. The van der Waals surface area contributed by atoms with Crippen LogP contribution in [0.5, 0.6) is 0 Å². The van der Waals surface area contributed by atoms with Crippen molar-refractivity contribution in [3.63, 3.8) is 0 Å². The number of ether oxygens (including phenoxy) is 2. The zero-order chi connectivity index (χ0) is 15.0. The Balaban J connectivity index is 2.34. The van der Waals surface area contributed by atoms with Gasteiger partial charge in [0.05, 0.1) is 12.2 Å². The molecule has 2 atom stereocenters. The molecule has 114 valence electrons. The van der Waals surface area contributed by atoms with Crippen LogP contribution in [-0.4, -0.2) is 26.6 Å². The molecule has 0 aliphatic heterocycles. The van der Waals surface area contributed by atoms with E-state index >= 15 is 0 Å². The first kappa shape index (κ1) is 17.5. The van der Waals surface area contributed by atoms with E-state index in [1.165, 1.54) is 19.3 Å². The fraction of sp³-hybridized carbons (Fsp3) is 0.765. The highest BCUT2D eigenvalue weighted by Crippen LogP contribution is 2.22. The Hall–Kier alpha value is -0.563. The summed E-state index contributed by atoms with van der Waals surface area (Å²) in [7, 11) is -1.28. The first-order valence-corrected chi connectivity index (χ1v) is 11.3. The monoisotopic (exact) mass is 294 g/mol. The van der Waals surface area contributed by atoms with Crippen LogP contribution in [0.25, 0.3) is 0 Å². The quantitative estimate of drug-likeness (QED) is 0.310. The minimum Gasteiger partial charge on any atom is -0.346 e. The third-order valence-corrected chi connectivity index (χ3v) is 4.22. The molecule has 1 saturated carbocycles. The molecule has 0 bridgehead atoms. The van der Waals surface area contributed by atoms with Gasteiger partial charge in [-0.05, 0) is 25.8 Å². The van der Waals surface area contributed by atoms with Crippen LogP contribution in [0.1, 0.15) is 45.4 Å². The van der Waals surface area contributed by atoms with E-state index in [9.17, 15) is 0 Å². The maximum Gasteiger partial charge on any atom is 0.177 e. The van der Waals surface area contributed by atoms with Crippen LogP contribution >= 0.6 is 0 Å². The van der Waals surface area contributed by atoms with E-state index in [-0.39, 0.29) is 12.4 Å². The van der Waals surface area contributed by atoms with Crippen molar-refractivity contribution in [1.82, 2.24) is 0 Å². The van der Waals surface area contributed by atoms with Gasteiger partial charge >= 0.3 is 0 Å². The Morgan fingerprint density at radius 1 is 1.25 bits per heavy atom. The number of rotatable bonds is 6. The molecule has 0 spiro atoms. The molecule has 1 aliphatic carbocycles. The van der Waals surface area contributed by atoms with Gasteiger partial charge in [-0.2, -0.15) is 0 Å². The lowest BCUT2D eigenvalue weighted by Gasteiger charge is -2.27. The topological polar surface area (TPSA) is 18.5 Å². The number of hydrogen-bond acceptors (Lipinski definition) is 2. The second-order valence-corrected chi connectivity index (χ2v) is 11.5. The summed E-state index contributed by atoms with van der Waals surface area (Å²) in [6.45, 7) is 12.6. The summed E-state index contributed by atoms with van der Waals surface area (Å²) in [5.74, 6) is 3.26. The summed E-state index contributed by atoms with van der Waals surface area (Å²) in [4.78, 5) is 0. The second-order valence-electron chi connectivity index (χ2n) is 6.70. The van der Waals surface area contributed by atoms with Crippen LogP contribution in [0.4, 0.5) is 0 Å². The lowest BCUT2D eigenvalue weighted by atomic mass is 9.98. The van der Waals surface area contributed by atoms with Crippen LogP contribution < -0.4 is 0 Å². The van der Waals surface area contributed by atoms with Crippen LogP contribution in [0, 0.1) is 11.5 Å². The van der Waals surface area contributed by atoms with E-state index < -0.39 is 8.07 Å². The lowest BCUT2D eigenvalue weighted by Crippen LogP contribution is -2.27. The van der Waals surface area contributed by atoms with E-state index in [1.54, 1.807) is 6.08 Å². The standard InChI is InChI=1S/C17H30O2Si/c1-6-17(19-16-12-8-7-9-13-16)18-15(2)11-10-14-20(3,4)5/h6,15-17H,1,7-9,11-13H2,2-5H3/t15-,17-/m1/s1. The van der Waals surface area contributed by atoms with E-state index in [0.717, 1.165) is 19.3 Å². The maximum absolute atomic E-state index is 5.98. The van der Waals surface area contributed by atoms with E-state index in [2.05, 4.69) is 44.6 Å². The Morgan fingerprint density at radius 2 is 1.90 bits per heavy atom. The molecular weight excluding hydrogens is 264 g/mol. The average Bonchev–Trinajstić information content (AvgIpc) is 2.37. The minimum atomic E-state index is -1.28. The van der Waals surface area contributed by atoms with Gasteiger partial charge in [-0.25, -0.2) is 0 Å². The summed E-state index contributed by atoms with van der Waals surface area (Å²) in [5, 5.41) is 0. The predicted molar refractivity (Wildman–Crippen MR) is 88.2 cm³/mol. The van der Waals surface area contributed by atoms with Crippen molar-refractivity contribution in [2.75, 3.05) is 0 Å². The molecule has 1 aliphatic rings. The molecule has 0 aromatic heterocycles. The van der Waals surface area contributed by atoms with Gasteiger partial charge in [0.1, 0.15) is 8.07 Å². The van der Waals surface area contributed by atoms with E-state index in [1.807, 2.05) is 0 Å². The first-order valence-electron chi connectivity index (χ1n) is 7.84.